The van der Waals surface area contributed by atoms with E-state index in [2.05, 4.69) is 32.7 Å². The summed E-state index contributed by atoms with van der Waals surface area (Å²) in [6, 6.07) is 3.57. The predicted octanol–water partition coefficient (Wildman–Crippen LogP) is 3.00. The number of nitrogens with zero attached hydrogens (tertiary/aromatic N) is 2. The zero-order chi connectivity index (χ0) is 16.8. The van der Waals surface area contributed by atoms with E-state index in [0.29, 0.717) is 29.9 Å². The largest absolute Gasteiger partial charge is 0.472 e. The number of amides is 1. The maximum absolute atomic E-state index is 12.7. The standard InChI is InChI=1S/C18H28N2O3/c1-13(2)10-20(11-14(3)4)18(21)15-5-6-17(19-9-15)23-16-7-8-22-12-16/h5-6,9,13-14,16H,7-8,10-12H2,1-4H3. The number of ether oxygens (including phenoxy) is 2. The Kier molecular flexibility index (Phi) is 6.39. The molecule has 0 aliphatic carbocycles. The number of pyridine rings is 1. The van der Waals surface area contributed by atoms with Crippen LogP contribution in [-0.2, 0) is 4.74 Å². The van der Waals surface area contributed by atoms with Crippen LogP contribution in [-0.4, -0.2) is 48.2 Å². The summed E-state index contributed by atoms with van der Waals surface area (Å²) in [5, 5.41) is 0. The molecule has 0 radical (unpaired) electrons. The van der Waals surface area contributed by atoms with Crippen molar-refractivity contribution in [1.82, 2.24) is 9.88 Å². The Labute approximate surface area is 139 Å². The molecule has 1 unspecified atom stereocenters. The fourth-order valence-corrected chi connectivity index (χ4v) is 2.66. The quantitative estimate of drug-likeness (QED) is 0.775. The number of aromatic nitrogens is 1. The number of hydrogen-bond acceptors (Lipinski definition) is 4. The lowest BCUT2D eigenvalue weighted by molar-refractivity contribution is 0.0714. The molecule has 1 saturated heterocycles. The van der Waals surface area contributed by atoms with Crippen molar-refractivity contribution in [3.8, 4) is 5.88 Å². The molecule has 1 aromatic heterocycles. The average Bonchev–Trinajstić information content (AvgIpc) is 2.98. The Hall–Kier alpha value is -1.62. The summed E-state index contributed by atoms with van der Waals surface area (Å²) in [7, 11) is 0. The summed E-state index contributed by atoms with van der Waals surface area (Å²) in [5.74, 6) is 1.47. The minimum absolute atomic E-state index is 0.0376. The maximum Gasteiger partial charge on any atom is 0.255 e. The van der Waals surface area contributed by atoms with Gasteiger partial charge in [-0.3, -0.25) is 4.79 Å². The molecule has 5 nitrogen and oxygen atoms in total. The van der Waals surface area contributed by atoms with E-state index in [1.807, 2.05) is 4.90 Å². The van der Waals surface area contributed by atoms with Crippen molar-refractivity contribution in [3.05, 3.63) is 23.9 Å². The van der Waals surface area contributed by atoms with Gasteiger partial charge < -0.3 is 14.4 Å². The van der Waals surface area contributed by atoms with E-state index in [1.165, 1.54) is 0 Å². The third-order valence-electron chi connectivity index (χ3n) is 3.62. The van der Waals surface area contributed by atoms with Crippen LogP contribution in [0.5, 0.6) is 5.88 Å². The second kappa shape index (κ2) is 8.29. The van der Waals surface area contributed by atoms with Gasteiger partial charge in [-0.1, -0.05) is 27.7 Å². The van der Waals surface area contributed by atoms with Crippen LogP contribution in [0.25, 0.3) is 0 Å². The molecule has 128 valence electrons. The second-order valence-corrected chi connectivity index (χ2v) is 6.99. The van der Waals surface area contributed by atoms with E-state index in [9.17, 15) is 4.79 Å². The minimum atomic E-state index is 0.0376. The fourth-order valence-electron chi connectivity index (χ4n) is 2.66. The van der Waals surface area contributed by atoms with E-state index in [4.69, 9.17) is 9.47 Å². The zero-order valence-electron chi connectivity index (χ0n) is 14.6. The molecule has 1 aliphatic heterocycles. The van der Waals surface area contributed by atoms with Gasteiger partial charge in [0.25, 0.3) is 5.91 Å². The van der Waals surface area contributed by atoms with Crippen LogP contribution in [0.1, 0.15) is 44.5 Å². The van der Waals surface area contributed by atoms with Crippen molar-refractivity contribution >= 4 is 5.91 Å². The van der Waals surface area contributed by atoms with Crippen molar-refractivity contribution in [2.75, 3.05) is 26.3 Å². The van der Waals surface area contributed by atoms with Crippen molar-refractivity contribution in [3.63, 3.8) is 0 Å². The maximum atomic E-state index is 12.7. The smallest absolute Gasteiger partial charge is 0.255 e. The van der Waals surface area contributed by atoms with E-state index < -0.39 is 0 Å². The van der Waals surface area contributed by atoms with Crippen molar-refractivity contribution in [1.29, 1.82) is 0 Å². The number of carbonyl (C=O) groups is 1. The molecular formula is C18H28N2O3. The van der Waals surface area contributed by atoms with E-state index in [1.54, 1.807) is 18.3 Å². The van der Waals surface area contributed by atoms with E-state index in [-0.39, 0.29) is 12.0 Å². The first-order chi connectivity index (χ1) is 11.0. The van der Waals surface area contributed by atoms with Crippen LogP contribution < -0.4 is 4.74 Å². The van der Waals surface area contributed by atoms with Gasteiger partial charge in [-0.15, -0.1) is 0 Å². The van der Waals surface area contributed by atoms with Crippen LogP contribution in [0.2, 0.25) is 0 Å². The lowest BCUT2D eigenvalue weighted by atomic mass is 10.1. The van der Waals surface area contributed by atoms with Gasteiger partial charge in [-0.05, 0) is 17.9 Å². The molecule has 0 saturated carbocycles. The molecule has 2 rings (SSSR count). The van der Waals surface area contributed by atoms with Crippen molar-refractivity contribution in [2.45, 2.75) is 40.2 Å². The minimum Gasteiger partial charge on any atom is -0.472 e. The number of rotatable bonds is 7. The normalized spacial score (nSPS) is 17.7. The lowest BCUT2D eigenvalue weighted by Gasteiger charge is -2.26. The Morgan fingerprint density at radius 1 is 1.30 bits per heavy atom. The van der Waals surface area contributed by atoms with Crippen LogP contribution >= 0.6 is 0 Å². The first-order valence-corrected chi connectivity index (χ1v) is 8.45. The van der Waals surface area contributed by atoms with Gasteiger partial charge in [0.2, 0.25) is 5.88 Å². The summed E-state index contributed by atoms with van der Waals surface area (Å²) >= 11 is 0. The summed E-state index contributed by atoms with van der Waals surface area (Å²) in [4.78, 5) is 18.9. The fraction of sp³-hybridized carbons (Fsp3) is 0.667. The predicted molar refractivity (Wildman–Crippen MR) is 89.7 cm³/mol. The number of hydrogen-bond donors (Lipinski definition) is 0. The molecule has 1 amide bonds. The highest BCUT2D eigenvalue weighted by atomic mass is 16.5. The van der Waals surface area contributed by atoms with Crippen LogP contribution in [0.4, 0.5) is 0 Å². The highest BCUT2D eigenvalue weighted by molar-refractivity contribution is 5.94. The third kappa shape index (κ3) is 5.50. The summed E-state index contributed by atoms with van der Waals surface area (Å²) in [6.07, 6.45) is 2.57. The topological polar surface area (TPSA) is 51.7 Å². The monoisotopic (exact) mass is 320 g/mol. The highest BCUT2D eigenvalue weighted by Crippen LogP contribution is 2.16. The Morgan fingerprint density at radius 3 is 2.48 bits per heavy atom. The van der Waals surface area contributed by atoms with Gasteiger partial charge in [0.05, 0.1) is 18.8 Å². The molecule has 5 heteroatoms. The van der Waals surface area contributed by atoms with Gasteiger partial charge in [0, 0.05) is 31.8 Å². The van der Waals surface area contributed by atoms with Crippen LogP contribution in [0.15, 0.2) is 18.3 Å². The molecule has 0 spiro atoms. The van der Waals surface area contributed by atoms with Gasteiger partial charge in [-0.2, -0.15) is 0 Å². The molecule has 1 atom stereocenters. The zero-order valence-corrected chi connectivity index (χ0v) is 14.6. The van der Waals surface area contributed by atoms with Crippen molar-refractivity contribution in [2.24, 2.45) is 11.8 Å². The Morgan fingerprint density at radius 2 is 2.00 bits per heavy atom. The molecule has 1 aromatic rings. The molecule has 2 heterocycles. The molecule has 0 bridgehead atoms. The molecule has 1 aliphatic rings. The Bertz CT molecular complexity index is 483. The average molecular weight is 320 g/mol. The highest BCUT2D eigenvalue weighted by Gasteiger charge is 2.20. The van der Waals surface area contributed by atoms with Gasteiger partial charge in [0.1, 0.15) is 6.10 Å². The third-order valence-corrected chi connectivity index (χ3v) is 3.62. The van der Waals surface area contributed by atoms with E-state index in [0.717, 1.165) is 26.1 Å². The SMILES string of the molecule is CC(C)CN(CC(C)C)C(=O)c1ccc(OC2CCOC2)nc1. The van der Waals surface area contributed by atoms with Gasteiger partial charge in [-0.25, -0.2) is 4.98 Å². The molecule has 23 heavy (non-hydrogen) atoms. The Balaban J connectivity index is 2.01. The summed E-state index contributed by atoms with van der Waals surface area (Å²) in [5.41, 5.74) is 0.612. The summed E-state index contributed by atoms with van der Waals surface area (Å²) < 4.78 is 11.0. The van der Waals surface area contributed by atoms with Gasteiger partial charge >= 0.3 is 0 Å². The van der Waals surface area contributed by atoms with Crippen LogP contribution in [0.3, 0.4) is 0 Å². The lowest BCUT2D eigenvalue weighted by Crippen LogP contribution is -2.37. The molecular weight excluding hydrogens is 292 g/mol. The van der Waals surface area contributed by atoms with Gasteiger partial charge in [0.15, 0.2) is 0 Å². The van der Waals surface area contributed by atoms with Crippen LogP contribution in [0, 0.1) is 11.8 Å². The first-order valence-electron chi connectivity index (χ1n) is 8.45. The van der Waals surface area contributed by atoms with Crippen molar-refractivity contribution < 1.29 is 14.3 Å². The molecule has 0 N–H and O–H groups in total. The summed E-state index contributed by atoms with van der Waals surface area (Å²) in [6.45, 7) is 11.4. The molecule has 1 fully saturated rings. The number of carbonyl (C=O) groups excluding carboxylic acids is 1. The molecule has 0 aromatic carbocycles. The first kappa shape index (κ1) is 17.7. The van der Waals surface area contributed by atoms with E-state index >= 15 is 0 Å². The second-order valence-electron chi connectivity index (χ2n) is 6.99.